The third-order valence-corrected chi connectivity index (χ3v) is 4.11. The molecule has 0 spiro atoms. The van der Waals surface area contributed by atoms with Crippen LogP contribution in [-0.4, -0.2) is 29.9 Å². The van der Waals surface area contributed by atoms with Crippen LogP contribution in [0.15, 0.2) is 18.2 Å². The van der Waals surface area contributed by atoms with Gasteiger partial charge < -0.3 is 11.1 Å². The van der Waals surface area contributed by atoms with E-state index in [0.717, 1.165) is 17.8 Å². The zero-order valence-electron chi connectivity index (χ0n) is 12.5. The van der Waals surface area contributed by atoms with Gasteiger partial charge >= 0.3 is 0 Å². The summed E-state index contributed by atoms with van der Waals surface area (Å²) in [4.78, 5) is 14.5. The minimum absolute atomic E-state index is 0.0275. The molecule has 0 radical (unpaired) electrons. The maximum Gasteiger partial charge on any atom is 0.238 e. The molecule has 110 valence electrons. The molecule has 0 aliphatic carbocycles. The Morgan fingerprint density at radius 2 is 2.20 bits per heavy atom. The van der Waals surface area contributed by atoms with Crippen LogP contribution in [0.2, 0.25) is 0 Å². The van der Waals surface area contributed by atoms with Crippen molar-refractivity contribution in [2.24, 2.45) is 0 Å². The van der Waals surface area contributed by atoms with E-state index in [4.69, 9.17) is 5.73 Å². The topological polar surface area (TPSA) is 58.4 Å². The number of nitrogens with one attached hydrogen (secondary N) is 1. The van der Waals surface area contributed by atoms with Gasteiger partial charge in [-0.2, -0.15) is 0 Å². The van der Waals surface area contributed by atoms with Gasteiger partial charge in [-0.15, -0.1) is 0 Å². The molecule has 0 bridgehead atoms. The molecule has 1 aromatic rings. The summed E-state index contributed by atoms with van der Waals surface area (Å²) in [6, 6.07) is 6.16. The number of anilines is 2. The van der Waals surface area contributed by atoms with E-state index in [1.807, 2.05) is 25.1 Å². The third-order valence-electron chi connectivity index (χ3n) is 4.11. The van der Waals surface area contributed by atoms with Gasteiger partial charge in [0.1, 0.15) is 0 Å². The Bertz CT molecular complexity index is 453. The number of nitrogens with two attached hydrogens (primary N) is 1. The molecule has 1 aromatic carbocycles. The first-order valence-electron chi connectivity index (χ1n) is 7.47. The number of hydrogen-bond donors (Lipinski definition) is 2. The highest BCUT2D eigenvalue weighted by Gasteiger charge is 2.19. The summed E-state index contributed by atoms with van der Waals surface area (Å²) in [7, 11) is 0. The number of aryl methyl sites for hydroxylation is 1. The van der Waals surface area contributed by atoms with Crippen LogP contribution < -0.4 is 11.1 Å². The Hall–Kier alpha value is -1.55. The van der Waals surface area contributed by atoms with E-state index in [2.05, 4.69) is 17.1 Å². The number of nitrogens with zero attached hydrogens (tertiary/aromatic N) is 1. The number of rotatable bonds is 3. The summed E-state index contributed by atoms with van der Waals surface area (Å²) in [5, 5.41) is 2.96. The minimum atomic E-state index is 0.0275. The molecule has 20 heavy (non-hydrogen) atoms. The second-order valence-corrected chi connectivity index (χ2v) is 5.76. The van der Waals surface area contributed by atoms with Crippen LogP contribution >= 0.6 is 0 Å². The fourth-order valence-electron chi connectivity index (χ4n) is 2.79. The SMILES string of the molecule is Cc1cccc(N)c1NC(=O)CN1CCCCCC1C. The highest BCUT2D eigenvalue weighted by molar-refractivity contribution is 5.96. The third kappa shape index (κ3) is 3.73. The molecule has 1 atom stereocenters. The van der Waals surface area contributed by atoms with Gasteiger partial charge in [-0.3, -0.25) is 9.69 Å². The smallest absolute Gasteiger partial charge is 0.238 e. The van der Waals surface area contributed by atoms with Crippen LogP contribution in [0, 0.1) is 6.92 Å². The summed E-state index contributed by atoms with van der Waals surface area (Å²) in [6.07, 6.45) is 4.90. The van der Waals surface area contributed by atoms with Crippen molar-refractivity contribution in [1.29, 1.82) is 0 Å². The number of benzene rings is 1. The van der Waals surface area contributed by atoms with E-state index < -0.39 is 0 Å². The molecule has 4 nitrogen and oxygen atoms in total. The largest absolute Gasteiger partial charge is 0.397 e. The summed E-state index contributed by atoms with van der Waals surface area (Å²) >= 11 is 0. The predicted octanol–water partition coefficient (Wildman–Crippen LogP) is 2.78. The molecule has 0 aromatic heterocycles. The van der Waals surface area contributed by atoms with E-state index in [1.54, 1.807) is 0 Å². The summed E-state index contributed by atoms with van der Waals surface area (Å²) in [5.74, 6) is 0.0275. The number of carbonyl (C=O) groups excluding carboxylic acids is 1. The average Bonchev–Trinajstić information content (AvgIpc) is 2.60. The molecule has 1 aliphatic heterocycles. The Kier molecular flexibility index (Phi) is 5.01. The molecule has 1 fully saturated rings. The number of hydrogen-bond acceptors (Lipinski definition) is 3. The van der Waals surface area contributed by atoms with Crippen LogP contribution in [-0.2, 0) is 4.79 Å². The van der Waals surface area contributed by atoms with Crippen molar-refractivity contribution in [2.75, 3.05) is 24.1 Å². The van der Waals surface area contributed by atoms with Crippen molar-refractivity contribution >= 4 is 17.3 Å². The normalized spacial score (nSPS) is 20.4. The predicted molar refractivity (Wildman–Crippen MR) is 83.7 cm³/mol. The summed E-state index contributed by atoms with van der Waals surface area (Å²) in [5.41, 5.74) is 8.31. The zero-order valence-corrected chi connectivity index (χ0v) is 12.5. The van der Waals surface area contributed by atoms with Gasteiger partial charge in [0.05, 0.1) is 17.9 Å². The maximum atomic E-state index is 12.2. The molecule has 1 unspecified atom stereocenters. The molecular weight excluding hydrogens is 250 g/mol. The molecular formula is C16H25N3O. The quantitative estimate of drug-likeness (QED) is 0.834. The van der Waals surface area contributed by atoms with E-state index in [9.17, 15) is 4.79 Å². The fraction of sp³-hybridized carbons (Fsp3) is 0.562. The molecule has 1 heterocycles. The Labute approximate surface area is 121 Å². The number of likely N-dealkylation sites (tertiary alicyclic amines) is 1. The Balaban J connectivity index is 1.98. The standard InChI is InChI=1S/C16H25N3O/c1-12-7-6-9-14(17)16(12)18-15(20)11-19-10-5-3-4-8-13(19)2/h6-7,9,13H,3-5,8,10-11,17H2,1-2H3,(H,18,20). The highest BCUT2D eigenvalue weighted by Crippen LogP contribution is 2.23. The van der Waals surface area contributed by atoms with Crippen molar-refractivity contribution in [3.8, 4) is 0 Å². The first-order valence-corrected chi connectivity index (χ1v) is 7.47. The van der Waals surface area contributed by atoms with Gasteiger partial charge in [-0.25, -0.2) is 0 Å². The van der Waals surface area contributed by atoms with Crippen LogP contribution in [0.4, 0.5) is 11.4 Å². The second kappa shape index (κ2) is 6.75. The van der Waals surface area contributed by atoms with Gasteiger partial charge in [0.2, 0.25) is 5.91 Å². The lowest BCUT2D eigenvalue weighted by molar-refractivity contribution is -0.117. The van der Waals surface area contributed by atoms with Crippen molar-refractivity contribution in [2.45, 2.75) is 45.6 Å². The lowest BCUT2D eigenvalue weighted by Crippen LogP contribution is -2.39. The maximum absolute atomic E-state index is 12.2. The van der Waals surface area contributed by atoms with E-state index in [1.165, 1.54) is 25.7 Å². The average molecular weight is 275 g/mol. The van der Waals surface area contributed by atoms with Gasteiger partial charge in [0, 0.05) is 6.04 Å². The molecule has 3 N–H and O–H groups in total. The molecule has 2 rings (SSSR count). The fourth-order valence-corrected chi connectivity index (χ4v) is 2.79. The van der Waals surface area contributed by atoms with Crippen molar-refractivity contribution in [1.82, 2.24) is 4.90 Å². The minimum Gasteiger partial charge on any atom is -0.397 e. The Morgan fingerprint density at radius 3 is 2.95 bits per heavy atom. The number of para-hydroxylation sites is 1. The van der Waals surface area contributed by atoms with Crippen molar-refractivity contribution in [3.05, 3.63) is 23.8 Å². The van der Waals surface area contributed by atoms with Crippen molar-refractivity contribution in [3.63, 3.8) is 0 Å². The zero-order chi connectivity index (χ0) is 14.5. The highest BCUT2D eigenvalue weighted by atomic mass is 16.2. The van der Waals surface area contributed by atoms with E-state index >= 15 is 0 Å². The van der Waals surface area contributed by atoms with Gasteiger partial charge in [-0.1, -0.05) is 25.0 Å². The first-order chi connectivity index (χ1) is 9.58. The molecule has 1 amide bonds. The van der Waals surface area contributed by atoms with Crippen LogP contribution in [0.25, 0.3) is 0 Å². The lowest BCUT2D eigenvalue weighted by atomic mass is 10.1. The molecule has 1 saturated heterocycles. The molecule has 4 heteroatoms. The number of amides is 1. The van der Waals surface area contributed by atoms with E-state index in [-0.39, 0.29) is 5.91 Å². The Morgan fingerprint density at radius 1 is 1.40 bits per heavy atom. The first kappa shape index (κ1) is 14.9. The van der Waals surface area contributed by atoms with Crippen molar-refractivity contribution < 1.29 is 4.79 Å². The monoisotopic (exact) mass is 275 g/mol. The van der Waals surface area contributed by atoms with Crippen LogP contribution in [0.1, 0.15) is 38.2 Å². The molecule has 1 aliphatic rings. The summed E-state index contributed by atoms with van der Waals surface area (Å²) in [6.45, 7) is 5.63. The lowest BCUT2D eigenvalue weighted by Gasteiger charge is -2.26. The van der Waals surface area contributed by atoms with Crippen LogP contribution in [0.3, 0.4) is 0 Å². The second-order valence-electron chi connectivity index (χ2n) is 5.76. The van der Waals surface area contributed by atoms with Gasteiger partial charge in [-0.05, 0) is 44.9 Å². The molecule has 0 saturated carbocycles. The van der Waals surface area contributed by atoms with E-state index in [0.29, 0.717) is 18.3 Å². The number of nitrogen functional groups attached to an aromatic ring is 1. The van der Waals surface area contributed by atoms with Gasteiger partial charge in [0.25, 0.3) is 0 Å². The van der Waals surface area contributed by atoms with Crippen LogP contribution in [0.5, 0.6) is 0 Å². The number of carbonyl (C=O) groups is 1. The van der Waals surface area contributed by atoms with Gasteiger partial charge in [0.15, 0.2) is 0 Å². The summed E-state index contributed by atoms with van der Waals surface area (Å²) < 4.78 is 0.